The third-order valence-electron chi connectivity index (χ3n) is 4.33. The Labute approximate surface area is 167 Å². The molecule has 2 aromatic carbocycles. The van der Waals surface area contributed by atoms with Crippen molar-refractivity contribution in [2.24, 2.45) is 0 Å². The van der Waals surface area contributed by atoms with E-state index >= 15 is 0 Å². The fourth-order valence-corrected chi connectivity index (χ4v) is 3.47. The van der Waals surface area contributed by atoms with Crippen LogP contribution in [0.3, 0.4) is 0 Å². The fourth-order valence-electron chi connectivity index (χ4n) is 2.61. The van der Waals surface area contributed by atoms with Gasteiger partial charge in [0.2, 0.25) is 0 Å². The van der Waals surface area contributed by atoms with Gasteiger partial charge < -0.3 is 9.29 Å². The minimum atomic E-state index is -4.34. The van der Waals surface area contributed by atoms with Crippen LogP contribution in [0.5, 0.6) is 5.75 Å². The molecule has 0 radical (unpaired) electrons. The van der Waals surface area contributed by atoms with Crippen molar-refractivity contribution in [1.82, 2.24) is 4.72 Å². The minimum absolute atomic E-state index is 0.201. The van der Waals surface area contributed by atoms with Crippen LogP contribution in [0.1, 0.15) is 49.9 Å². The number of methoxy groups -OCH3 is 1. The van der Waals surface area contributed by atoms with Crippen molar-refractivity contribution in [3.63, 3.8) is 0 Å². The normalized spacial score (nSPS) is 14.6. The molecule has 0 aliphatic carbocycles. The number of halogens is 3. The predicted octanol–water partition coefficient (Wildman–Crippen LogP) is 5.44. The number of aryl methyl sites for hydroxylation is 1. The topological polar surface area (TPSA) is 44.3 Å². The lowest BCUT2D eigenvalue weighted by atomic mass is 9.99. The van der Waals surface area contributed by atoms with E-state index < -0.39 is 27.8 Å². The van der Waals surface area contributed by atoms with E-state index in [1.54, 1.807) is 7.11 Å². The Kier molecular flexibility index (Phi) is 7.42. The first kappa shape index (κ1) is 22.6. The van der Waals surface area contributed by atoms with E-state index in [1.807, 2.05) is 45.0 Å². The van der Waals surface area contributed by atoms with Crippen LogP contribution >= 0.6 is 0 Å². The maximum atomic E-state index is 12.7. The molecule has 0 fully saturated rings. The molecule has 154 valence electrons. The largest absolute Gasteiger partial charge is 0.598 e. The van der Waals surface area contributed by atoms with Gasteiger partial charge in [0.25, 0.3) is 0 Å². The predicted molar refractivity (Wildman–Crippen MR) is 107 cm³/mol. The van der Waals surface area contributed by atoms with Crippen molar-refractivity contribution in [3.8, 4) is 5.75 Å². The highest BCUT2D eigenvalue weighted by atomic mass is 32.2. The molecule has 28 heavy (non-hydrogen) atoms. The average molecular weight is 414 g/mol. The molecule has 1 N–H and O–H groups in total. The summed E-state index contributed by atoms with van der Waals surface area (Å²) in [6.45, 7) is 5.66. The number of nitrogens with one attached hydrogen (secondary N) is 1. The van der Waals surface area contributed by atoms with Crippen LogP contribution in [0.2, 0.25) is 0 Å². The van der Waals surface area contributed by atoms with Gasteiger partial charge in [0.1, 0.15) is 10.5 Å². The molecule has 2 rings (SSSR count). The molecule has 7 heteroatoms. The van der Waals surface area contributed by atoms with E-state index in [9.17, 15) is 17.7 Å². The first-order valence-electron chi connectivity index (χ1n) is 8.99. The Morgan fingerprint density at radius 3 is 2.04 bits per heavy atom. The Morgan fingerprint density at radius 2 is 1.57 bits per heavy atom. The molecule has 2 atom stereocenters. The molecule has 3 nitrogen and oxygen atoms in total. The molecule has 0 saturated carbocycles. The summed E-state index contributed by atoms with van der Waals surface area (Å²) < 4.78 is 58.7. The highest BCUT2D eigenvalue weighted by Gasteiger charge is 2.31. The van der Waals surface area contributed by atoms with Gasteiger partial charge in [-0.3, -0.25) is 0 Å². The van der Waals surface area contributed by atoms with Gasteiger partial charge in [-0.2, -0.15) is 13.2 Å². The van der Waals surface area contributed by atoms with Gasteiger partial charge in [-0.1, -0.05) is 24.3 Å². The molecular weight excluding hydrogens is 387 g/mol. The molecule has 0 spiro atoms. The SMILES string of the molecule is COc1ccc(C(CCc2ccc(C(F)(F)F)cc2)N[S+]([O-])C(C)(C)C)cc1. The van der Waals surface area contributed by atoms with Gasteiger partial charge >= 0.3 is 6.18 Å². The fraction of sp³-hybridized carbons (Fsp3) is 0.429. The van der Waals surface area contributed by atoms with Crippen LogP contribution in [-0.2, 0) is 24.0 Å². The van der Waals surface area contributed by atoms with Crippen molar-refractivity contribution >= 4 is 11.4 Å². The summed E-state index contributed by atoms with van der Waals surface area (Å²) in [5.41, 5.74) is 1.09. The Bertz CT molecular complexity index is 740. The maximum absolute atomic E-state index is 12.7. The van der Waals surface area contributed by atoms with Crippen LogP contribution in [0, 0.1) is 0 Å². The summed E-state index contributed by atoms with van der Waals surface area (Å²) in [5, 5.41) is 0. The highest BCUT2D eigenvalue weighted by Crippen LogP contribution is 2.30. The van der Waals surface area contributed by atoms with Crippen molar-refractivity contribution in [3.05, 3.63) is 65.2 Å². The Morgan fingerprint density at radius 1 is 1.00 bits per heavy atom. The molecule has 2 unspecified atom stereocenters. The van der Waals surface area contributed by atoms with E-state index in [0.717, 1.165) is 29.0 Å². The van der Waals surface area contributed by atoms with Gasteiger partial charge in [-0.05, 0) is 69.0 Å². The van der Waals surface area contributed by atoms with E-state index in [1.165, 1.54) is 12.1 Å². The van der Waals surface area contributed by atoms with Crippen LogP contribution < -0.4 is 9.46 Å². The molecule has 0 saturated heterocycles. The number of rotatable bonds is 7. The van der Waals surface area contributed by atoms with Crippen LogP contribution in [0.25, 0.3) is 0 Å². The van der Waals surface area contributed by atoms with E-state index in [4.69, 9.17) is 4.74 Å². The quantitative estimate of drug-likeness (QED) is 0.615. The van der Waals surface area contributed by atoms with Gasteiger partial charge in [-0.15, -0.1) is 4.72 Å². The number of benzene rings is 2. The summed E-state index contributed by atoms with van der Waals surface area (Å²) in [6.07, 6.45) is -3.18. The third kappa shape index (κ3) is 6.43. The summed E-state index contributed by atoms with van der Waals surface area (Å²) in [7, 11) is 1.59. The van der Waals surface area contributed by atoms with Crippen molar-refractivity contribution < 1.29 is 22.5 Å². The lowest BCUT2D eigenvalue weighted by Gasteiger charge is -2.28. The molecule has 0 amide bonds. The number of ether oxygens (including phenoxy) is 1. The molecule has 0 aliphatic heterocycles. The first-order valence-corrected chi connectivity index (χ1v) is 10.1. The highest BCUT2D eigenvalue weighted by molar-refractivity contribution is 7.90. The van der Waals surface area contributed by atoms with Crippen LogP contribution in [0.4, 0.5) is 13.2 Å². The number of hydrogen-bond donors (Lipinski definition) is 1. The van der Waals surface area contributed by atoms with Crippen molar-refractivity contribution in [2.75, 3.05) is 7.11 Å². The molecule has 0 aromatic heterocycles. The lowest BCUT2D eigenvalue weighted by Crippen LogP contribution is -2.41. The maximum Gasteiger partial charge on any atom is 0.416 e. The van der Waals surface area contributed by atoms with Crippen molar-refractivity contribution in [2.45, 2.75) is 50.6 Å². The molecular formula is C21H26F3NO2S. The minimum Gasteiger partial charge on any atom is -0.598 e. The second-order valence-corrected chi connectivity index (χ2v) is 9.56. The van der Waals surface area contributed by atoms with E-state index in [2.05, 4.69) is 4.72 Å². The second kappa shape index (κ2) is 9.20. The van der Waals surface area contributed by atoms with E-state index in [0.29, 0.717) is 12.8 Å². The molecule has 0 aliphatic rings. The third-order valence-corrected chi connectivity index (χ3v) is 5.94. The molecule has 0 heterocycles. The van der Waals surface area contributed by atoms with Crippen LogP contribution in [-0.4, -0.2) is 16.4 Å². The average Bonchev–Trinajstić information content (AvgIpc) is 2.64. The molecule has 0 bridgehead atoms. The van der Waals surface area contributed by atoms with Crippen LogP contribution in [0.15, 0.2) is 48.5 Å². The zero-order valence-corrected chi connectivity index (χ0v) is 17.3. The second-order valence-electron chi connectivity index (χ2n) is 7.56. The molecule has 2 aromatic rings. The van der Waals surface area contributed by atoms with Gasteiger partial charge in [-0.25, -0.2) is 0 Å². The first-order chi connectivity index (χ1) is 13.0. The number of alkyl halides is 3. The number of hydrogen-bond acceptors (Lipinski definition) is 3. The van der Waals surface area contributed by atoms with Gasteiger partial charge in [0.15, 0.2) is 0 Å². The summed E-state index contributed by atoms with van der Waals surface area (Å²) in [4.78, 5) is 0. The Balaban J connectivity index is 2.14. The summed E-state index contributed by atoms with van der Waals surface area (Å²) in [5.74, 6) is 0.724. The smallest absolute Gasteiger partial charge is 0.416 e. The zero-order valence-electron chi connectivity index (χ0n) is 16.5. The monoisotopic (exact) mass is 413 g/mol. The summed E-state index contributed by atoms with van der Waals surface area (Å²) >= 11 is -1.28. The standard InChI is InChI=1S/C21H26F3NO2S/c1-20(2,3)28(26)25-19(16-8-12-18(27-4)13-9-16)14-7-15-5-10-17(11-6-15)21(22,23)24/h5-6,8-13,19,25H,7,14H2,1-4H3. The van der Waals surface area contributed by atoms with E-state index in [-0.39, 0.29) is 6.04 Å². The van der Waals surface area contributed by atoms with Gasteiger partial charge in [0.05, 0.1) is 18.7 Å². The zero-order chi connectivity index (χ0) is 20.9. The Hall–Kier alpha value is -1.70. The lowest BCUT2D eigenvalue weighted by molar-refractivity contribution is -0.137. The van der Waals surface area contributed by atoms with Crippen molar-refractivity contribution in [1.29, 1.82) is 0 Å². The van der Waals surface area contributed by atoms with Gasteiger partial charge in [0, 0.05) is 11.4 Å². The summed E-state index contributed by atoms with van der Waals surface area (Å²) in [6, 6.07) is 12.5.